The van der Waals surface area contributed by atoms with E-state index < -0.39 is 15.9 Å². The van der Waals surface area contributed by atoms with Crippen LogP contribution in [0.3, 0.4) is 0 Å². The first-order chi connectivity index (χ1) is 11.3. The summed E-state index contributed by atoms with van der Waals surface area (Å²) >= 11 is 12.0. The maximum atomic E-state index is 13.0. The van der Waals surface area contributed by atoms with Gasteiger partial charge in [0.05, 0.1) is 17.1 Å². The van der Waals surface area contributed by atoms with Crippen molar-refractivity contribution in [1.29, 1.82) is 0 Å². The summed E-state index contributed by atoms with van der Waals surface area (Å²) in [7, 11) is -2.39. The van der Waals surface area contributed by atoms with Crippen LogP contribution < -0.4 is 9.21 Å². The lowest BCUT2D eigenvalue weighted by Gasteiger charge is -2.23. The number of hydrogen-bond acceptors (Lipinski definition) is 3. The zero-order valence-electron chi connectivity index (χ0n) is 13.0. The summed E-state index contributed by atoms with van der Waals surface area (Å²) in [5.74, 6) is -0.723. The first kappa shape index (κ1) is 17.1. The monoisotopic (exact) mass is 384 g/mol. The van der Waals surface area contributed by atoms with Crippen LogP contribution >= 0.6 is 23.2 Å². The molecule has 0 bridgehead atoms. The summed E-state index contributed by atoms with van der Waals surface area (Å²) in [6, 6.07) is 9.72. The number of hydrogen-bond donors (Lipinski definition) is 0. The topological polar surface area (TPSA) is 57.7 Å². The fourth-order valence-electron chi connectivity index (χ4n) is 2.68. The predicted octanol–water partition coefficient (Wildman–Crippen LogP) is 3.69. The number of alkyl halides is 1. The van der Waals surface area contributed by atoms with Gasteiger partial charge in [0, 0.05) is 12.1 Å². The molecule has 2 aromatic rings. The lowest BCUT2D eigenvalue weighted by atomic mass is 10.1. The summed E-state index contributed by atoms with van der Waals surface area (Å²) in [6.45, 7) is 1.71. The Labute approximate surface area is 150 Å². The van der Waals surface area contributed by atoms with Gasteiger partial charge in [-0.15, -0.1) is 11.6 Å². The second-order valence-electron chi connectivity index (χ2n) is 5.39. The number of benzene rings is 2. The third-order valence-electron chi connectivity index (χ3n) is 3.95. The molecule has 0 aromatic heterocycles. The molecule has 0 atom stereocenters. The van der Waals surface area contributed by atoms with Crippen molar-refractivity contribution >= 4 is 56.2 Å². The Balaban J connectivity index is 2.47. The van der Waals surface area contributed by atoms with Gasteiger partial charge in [-0.25, -0.2) is 8.42 Å². The van der Waals surface area contributed by atoms with E-state index in [2.05, 4.69) is 0 Å². The first-order valence-corrected chi connectivity index (χ1v) is 9.41. The van der Waals surface area contributed by atoms with Crippen LogP contribution in [0.2, 0.25) is 5.02 Å². The molecular weight excluding hydrogens is 371 g/mol. The Kier molecular flexibility index (Phi) is 4.23. The van der Waals surface area contributed by atoms with Gasteiger partial charge in [0.1, 0.15) is 10.8 Å². The summed E-state index contributed by atoms with van der Waals surface area (Å²) < 4.78 is 27.2. The Morgan fingerprint density at radius 2 is 1.75 bits per heavy atom. The molecule has 5 nitrogen and oxygen atoms in total. The number of sulfonamides is 1. The number of nitrogens with zero attached hydrogens (tertiary/aromatic N) is 2. The minimum absolute atomic E-state index is 0.0153. The van der Waals surface area contributed by atoms with Gasteiger partial charge in [0.25, 0.3) is 10.0 Å². The highest BCUT2D eigenvalue weighted by atomic mass is 35.5. The molecule has 1 aliphatic heterocycles. The van der Waals surface area contributed by atoms with Gasteiger partial charge in [0.2, 0.25) is 5.91 Å². The maximum Gasteiger partial charge on any atom is 0.266 e. The van der Waals surface area contributed by atoms with E-state index in [1.807, 2.05) is 0 Å². The fourth-order valence-corrected chi connectivity index (χ4v) is 4.41. The standard InChI is InChI=1S/C16H14Cl2N2O3S/c1-10-7-15-14(8-11(10)18)20(16(21)9-17)13-6-4-3-5-12(13)19(2)24(15,22)23/h3-8H,9H2,1-2H3. The summed E-state index contributed by atoms with van der Waals surface area (Å²) in [5.41, 5.74) is 1.64. The average molecular weight is 385 g/mol. The lowest BCUT2D eigenvalue weighted by molar-refractivity contribution is -0.115. The molecule has 0 N–H and O–H groups in total. The molecule has 0 radical (unpaired) electrons. The molecule has 0 aliphatic carbocycles. The molecule has 1 amide bonds. The third kappa shape index (κ3) is 2.46. The molecule has 2 aromatic carbocycles. The van der Waals surface area contributed by atoms with E-state index in [-0.39, 0.29) is 16.5 Å². The first-order valence-electron chi connectivity index (χ1n) is 7.06. The maximum absolute atomic E-state index is 13.0. The van der Waals surface area contributed by atoms with Crippen molar-refractivity contribution in [2.24, 2.45) is 0 Å². The average Bonchev–Trinajstić information content (AvgIpc) is 2.62. The lowest BCUT2D eigenvalue weighted by Crippen LogP contribution is -2.27. The smallest absolute Gasteiger partial charge is 0.266 e. The molecule has 3 rings (SSSR count). The van der Waals surface area contributed by atoms with Crippen LogP contribution in [0.15, 0.2) is 41.3 Å². The van der Waals surface area contributed by atoms with E-state index in [9.17, 15) is 13.2 Å². The zero-order valence-corrected chi connectivity index (χ0v) is 15.3. The molecule has 126 valence electrons. The molecule has 1 aliphatic rings. The van der Waals surface area contributed by atoms with Crippen LogP contribution in [0.5, 0.6) is 0 Å². The normalized spacial score (nSPS) is 15.5. The third-order valence-corrected chi connectivity index (χ3v) is 6.38. The summed E-state index contributed by atoms with van der Waals surface area (Å²) in [5, 5.41) is 0.373. The predicted molar refractivity (Wildman–Crippen MR) is 96.1 cm³/mol. The van der Waals surface area contributed by atoms with Gasteiger partial charge >= 0.3 is 0 Å². The van der Waals surface area contributed by atoms with Crippen LogP contribution in [0.4, 0.5) is 17.1 Å². The second-order valence-corrected chi connectivity index (χ2v) is 8.01. The Bertz CT molecular complexity index is 944. The highest BCUT2D eigenvalue weighted by Gasteiger charge is 2.36. The minimum atomic E-state index is -3.85. The Morgan fingerprint density at radius 3 is 2.38 bits per heavy atom. The van der Waals surface area contributed by atoms with Crippen molar-refractivity contribution in [3.63, 3.8) is 0 Å². The molecule has 0 spiro atoms. The fraction of sp³-hybridized carbons (Fsp3) is 0.188. The van der Waals surface area contributed by atoms with Crippen molar-refractivity contribution in [3.8, 4) is 0 Å². The van der Waals surface area contributed by atoms with Crippen LogP contribution in [0.1, 0.15) is 5.56 Å². The van der Waals surface area contributed by atoms with E-state index in [1.54, 1.807) is 31.2 Å². The van der Waals surface area contributed by atoms with Gasteiger partial charge in [-0.2, -0.15) is 0 Å². The summed E-state index contributed by atoms with van der Waals surface area (Å²) in [6.07, 6.45) is 0. The van der Waals surface area contributed by atoms with Gasteiger partial charge in [0.15, 0.2) is 0 Å². The van der Waals surface area contributed by atoms with E-state index in [1.165, 1.54) is 24.1 Å². The largest absolute Gasteiger partial charge is 0.276 e. The van der Waals surface area contributed by atoms with Gasteiger partial charge in [-0.1, -0.05) is 23.7 Å². The van der Waals surface area contributed by atoms with Crippen molar-refractivity contribution in [1.82, 2.24) is 0 Å². The number of carbonyl (C=O) groups excluding carboxylic acids is 1. The number of rotatable bonds is 1. The quantitative estimate of drug-likeness (QED) is 0.704. The van der Waals surface area contributed by atoms with Crippen molar-refractivity contribution < 1.29 is 13.2 Å². The number of amides is 1. The number of halogens is 2. The van der Waals surface area contributed by atoms with Gasteiger partial charge in [-0.05, 0) is 36.8 Å². The van der Waals surface area contributed by atoms with Gasteiger partial charge < -0.3 is 0 Å². The molecule has 0 saturated carbocycles. The molecule has 24 heavy (non-hydrogen) atoms. The van der Waals surface area contributed by atoms with E-state index in [0.29, 0.717) is 22.0 Å². The van der Waals surface area contributed by atoms with E-state index >= 15 is 0 Å². The highest BCUT2D eigenvalue weighted by Crippen LogP contribution is 2.44. The van der Waals surface area contributed by atoms with Gasteiger partial charge in [-0.3, -0.25) is 14.0 Å². The number of para-hydroxylation sites is 2. The number of aryl methyl sites for hydroxylation is 1. The number of carbonyl (C=O) groups is 1. The molecule has 0 unspecified atom stereocenters. The molecule has 1 heterocycles. The Hall–Kier alpha value is -1.76. The highest BCUT2D eigenvalue weighted by molar-refractivity contribution is 7.93. The SMILES string of the molecule is Cc1cc2c(cc1Cl)N(C(=O)CCl)c1ccccc1N(C)S2(=O)=O. The number of fused-ring (bicyclic) bond motifs is 2. The Morgan fingerprint density at radius 1 is 1.12 bits per heavy atom. The molecule has 0 saturated heterocycles. The van der Waals surface area contributed by atoms with E-state index in [4.69, 9.17) is 23.2 Å². The number of anilines is 3. The molecular formula is C16H14Cl2N2O3S. The van der Waals surface area contributed by atoms with Crippen molar-refractivity contribution in [3.05, 3.63) is 47.0 Å². The molecule has 0 fully saturated rings. The zero-order chi connectivity index (χ0) is 17.6. The minimum Gasteiger partial charge on any atom is -0.276 e. The second kappa shape index (κ2) is 5.95. The van der Waals surface area contributed by atoms with Crippen LogP contribution in [-0.2, 0) is 14.8 Å². The van der Waals surface area contributed by atoms with E-state index in [0.717, 1.165) is 4.31 Å². The van der Waals surface area contributed by atoms with Crippen LogP contribution in [0, 0.1) is 6.92 Å². The van der Waals surface area contributed by atoms with Crippen molar-refractivity contribution in [2.45, 2.75) is 11.8 Å². The van der Waals surface area contributed by atoms with Crippen LogP contribution in [-0.4, -0.2) is 27.3 Å². The van der Waals surface area contributed by atoms with Crippen LogP contribution in [0.25, 0.3) is 0 Å². The molecule has 8 heteroatoms. The summed E-state index contributed by atoms with van der Waals surface area (Å²) in [4.78, 5) is 13.8. The van der Waals surface area contributed by atoms with Crippen molar-refractivity contribution in [2.75, 3.05) is 22.1 Å².